The molecule has 0 aliphatic rings. The van der Waals surface area contributed by atoms with Crippen molar-refractivity contribution in [2.24, 2.45) is 4.99 Å². The molecule has 0 spiro atoms. The van der Waals surface area contributed by atoms with Gasteiger partial charge in [0.25, 0.3) is 0 Å². The summed E-state index contributed by atoms with van der Waals surface area (Å²) >= 11 is 13.6. The molecule has 0 atom stereocenters. The Balaban J connectivity index is 0.00000312. The van der Waals surface area contributed by atoms with Crippen LogP contribution in [0.2, 0.25) is 10.0 Å². The minimum atomic E-state index is 0. The van der Waals surface area contributed by atoms with Crippen LogP contribution >= 0.6 is 58.5 Å². The fourth-order valence-electron chi connectivity index (χ4n) is 1.87. The van der Waals surface area contributed by atoms with Crippen LogP contribution in [0.3, 0.4) is 0 Å². The molecule has 2 rings (SSSR count). The lowest BCUT2D eigenvalue weighted by molar-refractivity contribution is 0.817. The van der Waals surface area contributed by atoms with Gasteiger partial charge >= 0.3 is 0 Å². The number of anilines is 1. The lowest BCUT2D eigenvalue weighted by atomic mass is 10.4. The Morgan fingerprint density at radius 1 is 1.20 bits per heavy atom. The van der Waals surface area contributed by atoms with Crippen molar-refractivity contribution in [2.75, 3.05) is 25.0 Å². The Hall–Kier alpha value is -0.840. The van der Waals surface area contributed by atoms with Gasteiger partial charge in [-0.2, -0.15) is 0 Å². The molecular formula is C15H21Cl2IN6S. The third-order valence-corrected chi connectivity index (χ3v) is 4.30. The van der Waals surface area contributed by atoms with E-state index in [1.54, 1.807) is 23.6 Å². The zero-order valence-corrected chi connectivity index (χ0v) is 18.6. The first-order valence-electron chi connectivity index (χ1n) is 7.57. The van der Waals surface area contributed by atoms with Crippen LogP contribution in [0.5, 0.6) is 0 Å². The van der Waals surface area contributed by atoms with Gasteiger partial charge in [-0.1, -0.05) is 23.2 Å². The molecule has 2 aromatic rings. The van der Waals surface area contributed by atoms with Gasteiger partial charge in [-0.15, -0.1) is 35.3 Å². The number of guanidine groups is 1. The molecule has 0 amide bonds. The Bertz CT molecular complexity index is 694. The second kappa shape index (κ2) is 11.7. The van der Waals surface area contributed by atoms with Crippen molar-refractivity contribution < 1.29 is 0 Å². The van der Waals surface area contributed by atoms with Crippen LogP contribution in [0.25, 0.3) is 0 Å². The van der Waals surface area contributed by atoms with E-state index in [2.05, 4.69) is 30.9 Å². The van der Waals surface area contributed by atoms with Gasteiger partial charge in [-0.3, -0.25) is 0 Å². The molecule has 25 heavy (non-hydrogen) atoms. The van der Waals surface area contributed by atoms with E-state index in [1.807, 2.05) is 20.0 Å². The fraction of sp³-hybridized carbons (Fsp3) is 0.400. The summed E-state index contributed by atoms with van der Waals surface area (Å²) in [5.41, 5.74) is 0. The molecule has 10 heteroatoms. The van der Waals surface area contributed by atoms with Gasteiger partial charge in [0.1, 0.15) is 10.8 Å². The molecule has 3 N–H and O–H groups in total. The van der Waals surface area contributed by atoms with E-state index in [0.717, 1.165) is 17.5 Å². The molecule has 0 radical (unpaired) electrons. The van der Waals surface area contributed by atoms with Gasteiger partial charge in [-0.05, 0) is 19.9 Å². The van der Waals surface area contributed by atoms with E-state index in [-0.39, 0.29) is 24.0 Å². The molecule has 0 aliphatic carbocycles. The molecular weight excluding hydrogens is 494 g/mol. The molecule has 0 saturated carbocycles. The number of halogens is 3. The first kappa shape index (κ1) is 22.2. The van der Waals surface area contributed by atoms with Gasteiger partial charge in [0.05, 0.1) is 16.6 Å². The highest BCUT2D eigenvalue weighted by Crippen LogP contribution is 2.21. The minimum Gasteiger partial charge on any atom is -0.367 e. The van der Waals surface area contributed by atoms with E-state index < -0.39 is 0 Å². The van der Waals surface area contributed by atoms with Crippen LogP contribution < -0.4 is 16.0 Å². The maximum Gasteiger partial charge on any atom is 0.191 e. The number of aromatic nitrogens is 2. The zero-order valence-electron chi connectivity index (χ0n) is 14.0. The smallest absolute Gasteiger partial charge is 0.191 e. The SMILES string of the molecule is CCNC(=NCc1ncc(C)s1)NCCNc1ncc(Cl)cc1Cl.I. The second-order valence-corrected chi connectivity index (χ2v) is 7.06. The number of aryl methyl sites for hydroxylation is 1. The van der Waals surface area contributed by atoms with Gasteiger partial charge in [0.2, 0.25) is 0 Å². The minimum absolute atomic E-state index is 0. The summed E-state index contributed by atoms with van der Waals surface area (Å²) in [4.78, 5) is 14.2. The van der Waals surface area contributed by atoms with Crippen molar-refractivity contribution in [1.82, 2.24) is 20.6 Å². The Kier molecular flexibility index (Phi) is 10.4. The summed E-state index contributed by atoms with van der Waals surface area (Å²) < 4.78 is 0. The predicted molar refractivity (Wildman–Crippen MR) is 118 cm³/mol. The van der Waals surface area contributed by atoms with Crippen LogP contribution in [-0.4, -0.2) is 35.6 Å². The molecule has 0 bridgehead atoms. The molecule has 0 aliphatic heterocycles. The highest BCUT2D eigenvalue weighted by atomic mass is 127. The highest BCUT2D eigenvalue weighted by molar-refractivity contribution is 14.0. The zero-order chi connectivity index (χ0) is 17.4. The van der Waals surface area contributed by atoms with E-state index in [1.165, 1.54) is 4.88 Å². The average molecular weight is 515 g/mol. The van der Waals surface area contributed by atoms with Gasteiger partial charge < -0.3 is 16.0 Å². The van der Waals surface area contributed by atoms with Crippen molar-refractivity contribution in [2.45, 2.75) is 20.4 Å². The maximum absolute atomic E-state index is 6.07. The molecule has 0 unspecified atom stereocenters. The number of pyridine rings is 1. The number of rotatable bonds is 7. The first-order valence-corrected chi connectivity index (χ1v) is 9.14. The monoisotopic (exact) mass is 514 g/mol. The quantitative estimate of drug-likeness (QED) is 0.226. The summed E-state index contributed by atoms with van der Waals surface area (Å²) in [5.74, 6) is 1.37. The van der Waals surface area contributed by atoms with Crippen LogP contribution in [0.4, 0.5) is 5.82 Å². The largest absolute Gasteiger partial charge is 0.367 e. The normalized spacial score (nSPS) is 11.0. The highest BCUT2D eigenvalue weighted by Gasteiger charge is 2.03. The molecule has 2 aromatic heterocycles. The topological polar surface area (TPSA) is 74.2 Å². The number of hydrogen-bond acceptors (Lipinski definition) is 5. The summed E-state index contributed by atoms with van der Waals surface area (Å²) in [6.07, 6.45) is 3.42. The standard InChI is InChI=1S/C15H20Cl2N6S.HI/c1-3-18-15(23-9-13-21-7-10(2)24-13)20-5-4-19-14-12(17)6-11(16)8-22-14;/h6-8H,3-5,9H2,1-2H3,(H,19,22)(H2,18,20,23);1H. The Morgan fingerprint density at radius 3 is 2.64 bits per heavy atom. The summed E-state index contributed by atoms with van der Waals surface area (Å²) in [7, 11) is 0. The van der Waals surface area contributed by atoms with Gasteiger partial charge in [0.15, 0.2) is 5.96 Å². The van der Waals surface area contributed by atoms with E-state index in [9.17, 15) is 0 Å². The van der Waals surface area contributed by atoms with Crippen molar-refractivity contribution >= 4 is 70.3 Å². The average Bonchev–Trinajstić information content (AvgIpc) is 2.96. The maximum atomic E-state index is 6.07. The molecule has 0 aromatic carbocycles. The van der Waals surface area contributed by atoms with Crippen LogP contribution in [0.1, 0.15) is 16.8 Å². The first-order chi connectivity index (χ1) is 11.6. The summed E-state index contributed by atoms with van der Waals surface area (Å²) in [6.45, 7) is 6.74. The van der Waals surface area contributed by atoms with Crippen LogP contribution in [0, 0.1) is 6.92 Å². The Morgan fingerprint density at radius 2 is 2.00 bits per heavy atom. The van der Waals surface area contributed by atoms with Gasteiger partial charge in [-0.25, -0.2) is 15.0 Å². The van der Waals surface area contributed by atoms with Crippen molar-refractivity contribution in [3.05, 3.63) is 38.4 Å². The third-order valence-electron chi connectivity index (χ3n) is 2.90. The number of thiazole rings is 1. The van der Waals surface area contributed by atoms with Gasteiger partial charge in [0, 0.05) is 36.9 Å². The van der Waals surface area contributed by atoms with Crippen molar-refractivity contribution in [3.63, 3.8) is 0 Å². The van der Waals surface area contributed by atoms with E-state index in [0.29, 0.717) is 35.5 Å². The van der Waals surface area contributed by atoms with E-state index >= 15 is 0 Å². The Labute approximate surface area is 178 Å². The summed E-state index contributed by atoms with van der Waals surface area (Å²) in [5, 5.41) is 11.6. The van der Waals surface area contributed by atoms with Crippen LogP contribution in [-0.2, 0) is 6.54 Å². The fourth-order valence-corrected chi connectivity index (χ4v) is 3.03. The molecule has 6 nitrogen and oxygen atoms in total. The number of aliphatic imine (C=N–C) groups is 1. The number of nitrogens with one attached hydrogen (secondary N) is 3. The van der Waals surface area contributed by atoms with E-state index in [4.69, 9.17) is 23.2 Å². The van der Waals surface area contributed by atoms with Crippen molar-refractivity contribution in [3.8, 4) is 0 Å². The molecule has 0 fully saturated rings. The molecule has 2 heterocycles. The molecule has 0 saturated heterocycles. The second-order valence-electron chi connectivity index (χ2n) is 4.90. The number of nitrogens with zero attached hydrogens (tertiary/aromatic N) is 3. The molecule has 138 valence electrons. The third kappa shape index (κ3) is 7.93. The lowest BCUT2D eigenvalue weighted by Crippen LogP contribution is -2.39. The predicted octanol–water partition coefficient (Wildman–Crippen LogP) is 3.94. The lowest BCUT2D eigenvalue weighted by Gasteiger charge is -2.12. The summed E-state index contributed by atoms with van der Waals surface area (Å²) in [6, 6.07) is 1.66. The van der Waals surface area contributed by atoms with Crippen molar-refractivity contribution in [1.29, 1.82) is 0 Å². The number of hydrogen-bond donors (Lipinski definition) is 3. The van der Waals surface area contributed by atoms with Crippen LogP contribution in [0.15, 0.2) is 23.5 Å².